The van der Waals surface area contributed by atoms with Gasteiger partial charge in [-0.1, -0.05) is 58.0 Å². The minimum absolute atomic E-state index is 0.0309. The second-order valence-corrected chi connectivity index (χ2v) is 15.7. The maximum absolute atomic E-state index is 14.0. The molecule has 2 N–H and O–H groups in total. The molecule has 12 nitrogen and oxygen atoms in total. The normalized spacial score (nSPS) is 16.1. The Balaban J connectivity index is 1.57. The van der Waals surface area contributed by atoms with Gasteiger partial charge in [0, 0.05) is 44.8 Å². The molecule has 0 spiro atoms. The van der Waals surface area contributed by atoms with Gasteiger partial charge in [0.1, 0.15) is 11.9 Å². The Bertz CT molecular complexity index is 1570. The molecule has 46 heavy (non-hydrogen) atoms. The minimum atomic E-state index is -4.04. The maximum atomic E-state index is 14.0. The number of hydrogen-bond acceptors (Lipinski definition) is 8. The molecule has 1 aromatic carbocycles. The highest BCUT2D eigenvalue weighted by Gasteiger charge is 2.41. The third kappa shape index (κ3) is 8.52. The Kier molecular flexibility index (Phi) is 11.6. The van der Waals surface area contributed by atoms with Gasteiger partial charge < -0.3 is 24.8 Å². The van der Waals surface area contributed by atoms with Crippen LogP contribution in [0.25, 0.3) is 0 Å². The maximum Gasteiger partial charge on any atom is 0.321 e. The van der Waals surface area contributed by atoms with Gasteiger partial charge in [-0.2, -0.15) is 4.31 Å². The van der Waals surface area contributed by atoms with Crippen LogP contribution in [0.3, 0.4) is 0 Å². The van der Waals surface area contributed by atoms with E-state index in [2.05, 4.69) is 15.3 Å². The summed E-state index contributed by atoms with van der Waals surface area (Å²) in [5.41, 5.74) is 1.68. The van der Waals surface area contributed by atoms with Crippen molar-refractivity contribution in [2.75, 3.05) is 26.2 Å². The number of nitrogens with zero attached hydrogens (tertiary/aromatic N) is 6. The Morgan fingerprint density at radius 2 is 1.78 bits per heavy atom. The van der Waals surface area contributed by atoms with Crippen molar-refractivity contribution < 1.29 is 23.1 Å². The van der Waals surface area contributed by atoms with Crippen LogP contribution in [0.15, 0.2) is 46.9 Å². The van der Waals surface area contributed by atoms with Crippen LogP contribution in [0.1, 0.15) is 49.8 Å². The molecule has 1 saturated heterocycles. The highest BCUT2D eigenvalue weighted by atomic mass is 32.2. The third-order valence-electron chi connectivity index (χ3n) is 8.12. The topological polar surface area (TPSA) is 141 Å². The molecule has 14 heteroatoms. The molecule has 4 rings (SSSR count). The summed E-state index contributed by atoms with van der Waals surface area (Å²) in [6, 6.07) is 7.56. The van der Waals surface area contributed by atoms with E-state index in [9.17, 15) is 23.1 Å². The van der Waals surface area contributed by atoms with Crippen molar-refractivity contribution in [1.29, 1.82) is 0 Å². The van der Waals surface area contributed by atoms with Gasteiger partial charge in [-0.25, -0.2) is 23.2 Å². The van der Waals surface area contributed by atoms with Crippen LogP contribution >= 0.6 is 11.3 Å². The van der Waals surface area contributed by atoms with Gasteiger partial charge in [-0.05, 0) is 37.7 Å². The van der Waals surface area contributed by atoms with Crippen LogP contribution in [0.4, 0.5) is 4.79 Å². The van der Waals surface area contributed by atoms with E-state index in [0.29, 0.717) is 25.5 Å². The first kappa shape index (κ1) is 35.5. The van der Waals surface area contributed by atoms with E-state index >= 15 is 0 Å². The second-order valence-electron chi connectivity index (χ2n) is 12.8. The van der Waals surface area contributed by atoms with Gasteiger partial charge in [-0.3, -0.25) is 4.79 Å². The van der Waals surface area contributed by atoms with Crippen LogP contribution < -0.4 is 5.32 Å². The number of urea groups is 1. The van der Waals surface area contributed by atoms with E-state index in [1.54, 1.807) is 28.3 Å². The number of amides is 3. The number of sulfonamides is 1. The zero-order valence-corrected chi connectivity index (χ0v) is 29.4. The number of rotatable bonds is 15. The summed E-state index contributed by atoms with van der Waals surface area (Å²) in [6.45, 7) is 12.4. The molecule has 2 aromatic heterocycles. The smallest absolute Gasteiger partial charge is 0.321 e. The predicted molar refractivity (Wildman–Crippen MR) is 178 cm³/mol. The SMILES string of the molecule is Cc1nc(CN2CCN(C(C(=O)N[C@@H](Cc3ccccc3)[C@H](O)CN(CC(C)C)S(=O)(=O)c3cn(C)c(C)n3)C(C)C)C2=O)cs1. The second kappa shape index (κ2) is 15.1. The molecule has 1 fully saturated rings. The van der Waals surface area contributed by atoms with Crippen molar-refractivity contribution >= 4 is 33.3 Å². The molecule has 0 saturated carbocycles. The summed E-state index contributed by atoms with van der Waals surface area (Å²) in [5.74, 6) is -0.0932. The molecule has 3 amide bonds. The quantitative estimate of drug-likeness (QED) is 0.253. The Morgan fingerprint density at radius 3 is 2.35 bits per heavy atom. The average molecular weight is 674 g/mol. The monoisotopic (exact) mass is 673 g/mol. The van der Waals surface area contributed by atoms with Crippen molar-refractivity contribution in [2.45, 2.75) is 77.7 Å². The van der Waals surface area contributed by atoms with E-state index < -0.39 is 34.1 Å². The fourth-order valence-electron chi connectivity index (χ4n) is 5.70. The lowest BCUT2D eigenvalue weighted by molar-refractivity contribution is -0.128. The number of carbonyl (C=O) groups is 2. The molecular formula is C32H47N7O5S2. The molecule has 0 aliphatic carbocycles. The van der Waals surface area contributed by atoms with E-state index in [4.69, 9.17) is 0 Å². The van der Waals surface area contributed by atoms with Gasteiger partial charge in [0.05, 0.1) is 29.4 Å². The lowest BCUT2D eigenvalue weighted by atomic mass is 9.97. The number of thiazole rings is 1. The lowest BCUT2D eigenvalue weighted by Crippen LogP contribution is -2.57. The summed E-state index contributed by atoms with van der Waals surface area (Å²) >= 11 is 1.53. The van der Waals surface area contributed by atoms with Crippen molar-refractivity contribution in [1.82, 2.24) is 34.0 Å². The minimum Gasteiger partial charge on any atom is -0.390 e. The molecule has 1 unspecified atom stereocenters. The summed E-state index contributed by atoms with van der Waals surface area (Å²) in [5, 5.41) is 17.5. The zero-order valence-electron chi connectivity index (χ0n) is 27.8. The van der Waals surface area contributed by atoms with E-state index in [0.717, 1.165) is 16.3 Å². The highest BCUT2D eigenvalue weighted by molar-refractivity contribution is 7.89. The van der Waals surface area contributed by atoms with Crippen molar-refractivity contribution in [2.24, 2.45) is 18.9 Å². The summed E-state index contributed by atoms with van der Waals surface area (Å²) in [4.78, 5) is 39.5. The standard InChI is InChI=1S/C32H47N7O5S2/c1-21(2)16-38(46(43,44)29-19-36(7)23(5)33-29)18-28(40)27(15-25-11-9-8-10-12-25)35-31(41)30(22(3)4)39-14-13-37(32(39)42)17-26-20-45-24(6)34-26/h8-12,19-22,27-28,30,40H,13-18H2,1-7H3,(H,35,41)/t27-,28+,30?/m0/s1. The summed E-state index contributed by atoms with van der Waals surface area (Å²) in [7, 11) is -2.32. The average Bonchev–Trinajstić information content (AvgIpc) is 3.67. The van der Waals surface area contributed by atoms with Crippen LogP contribution in [-0.4, -0.2) is 98.5 Å². The number of benzene rings is 1. The van der Waals surface area contributed by atoms with Gasteiger partial charge in [-0.15, -0.1) is 11.3 Å². The van der Waals surface area contributed by atoms with Gasteiger partial charge in [0.2, 0.25) is 5.91 Å². The molecule has 3 atom stereocenters. The van der Waals surface area contributed by atoms with E-state index in [-0.39, 0.29) is 42.4 Å². The van der Waals surface area contributed by atoms with Crippen LogP contribution in [0.2, 0.25) is 0 Å². The highest BCUT2D eigenvalue weighted by Crippen LogP contribution is 2.23. The molecule has 3 aromatic rings. The number of imidazole rings is 1. The number of aromatic nitrogens is 3. The predicted octanol–water partition coefficient (Wildman–Crippen LogP) is 3.19. The first-order valence-electron chi connectivity index (χ1n) is 15.7. The molecular weight excluding hydrogens is 627 g/mol. The number of carbonyl (C=O) groups excluding carboxylic acids is 2. The van der Waals surface area contributed by atoms with E-state index in [1.165, 1.54) is 21.8 Å². The number of aliphatic hydroxyl groups excluding tert-OH is 1. The lowest BCUT2D eigenvalue weighted by Gasteiger charge is -2.34. The summed E-state index contributed by atoms with van der Waals surface area (Å²) in [6.07, 6.45) is 0.473. The van der Waals surface area contributed by atoms with Crippen LogP contribution in [0.5, 0.6) is 0 Å². The number of nitrogens with one attached hydrogen (secondary N) is 1. The first-order valence-corrected chi connectivity index (χ1v) is 18.0. The Labute approximate surface area is 276 Å². The van der Waals surface area contributed by atoms with Gasteiger partial charge in [0.25, 0.3) is 10.0 Å². The molecule has 0 bridgehead atoms. The number of aliphatic hydroxyl groups is 1. The van der Waals surface area contributed by atoms with Crippen molar-refractivity contribution in [3.8, 4) is 0 Å². The fraction of sp³-hybridized carbons (Fsp3) is 0.562. The van der Waals surface area contributed by atoms with Gasteiger partial charge in [0.15, 0.2) is 5.03 Å². The molecule has 252 valence electrons. The largest absolute Gasteiger partial charge is 0.390 e. The molecule has 3 heterocycles. The van der Waals surface area contributed by atoms with E-state index in [1.807, 2.05) is 70.3 Å². The molecule has 1 aliphatic heterocycles. The fourth-order valence-corrected chi connectivity index (χ4v) is 7.95. The first-order chi connectivity index (χ1) is 21.7. The Morgan fingerprint density at radius 1 is 1.09 bits per heavy atom. The molecule has 0 radical (unpaired) electrons. The van der Waals surface area contributed by atoms with Crippen LogP contribution in [0, 0.1) is 25.7 Å². The van der Waals surface area contributed by atoms with Crippen molar-refractivity contribution in [3.05, 3.63) is 64.0 Å². The summed E-state index contributed by atoms with van der Waals surface area (Å²) < 4.78 is 30.4. The Hall–Kier alpha value is -3.33. The molecule has 1 aliphatic rings. The van der Waals surface area contributed by atoms with Crippen LogP contribution in [-0.2, 0) is 34.8 Å². The third-order valence-corrected chi connectivity index (χ3v) is 10.6. The number of hydrogen-bond donors (Lipinski definition) is 2. The van der Waals surface area contributed by atoms with Gasteiger partial charge >= 0.3 is 6.03 Å². The zero-order chi connectivity index (χ0) is 33.8. The van der Waals surface area contributed by atoms with Crippen molar-refractivity contribution in [3.63, 3.8) is 0 Å². The number of aryl methyl sites for hydroxylation is 3.